The molecule has 0 aromatic carbocycles. The molecule has 0 spiro atoms. The van der Waals surface area contributed by atoms with Gasteiger partial charge in [-0.1, -0.05) is 0 Å². The topological polar surface area (TPSA) is 64.5 Å². The highest BCUT2D eigenvalue weighted by molar-refractivity contribution is 6.28. The van der Waals surface area contributed by atoms with Gasteiger partial charge in [0.25, 0.3) is 0 Å². The van der Waals surface area contributed by atoms with Gasteiger partial charge in [-0.3, -0.25) is 0 Å². The molecular weight excluding hydrogens is 190 g/mol. The van der Waals surface area contributed by atoms with Crippen LogP contribution in [0.4, 0.5) is 0 Å². The number of halogens is 1. The van der Waals surface area contributed by atoms with Gasteiger partial charge in [-0.15, -0.1) is 0 Å². The van der Waals surface area contributed by atoms with Gasteiger partial charge in [0.2, 0.25) is 5.28 Å². The number of aromatic nitrogens is 5. The second-order valence-corrected chi connectivity index (χ2v) is 2.54. The molecule has 2 heterocycles. The van der Waals surface area contributed by atoms with Crippen molar-refractivity contribution in [3.05, 3.63) is 30.3 Å². The number of hydrogen-bond acceptors (Lipinski definition) is 5. The van der Waals surface area contributed by atoms with Crippen molar-refractivity contribution in [2.75, 3.05) is 0 Å². The molecule has 6 heteroatoms. The fourth-order valence-electron chi connectivity index (χ4n) is 0.830. The lowest BCUT2D eigenvalue weighted by Gasteiger charge is -1.96. The predicted octanol–water partition coefficient (Wildman–Crippen LogP) is 0.982. The van der Waals surface area contributed by atoms with E-state index in [0.29, 0.717) is 11.4 Å². The molecule has 0 N–H and O–H groups in total. The molecule has 2 aromatic rings. The smallest absolute Gasteiger partial charge is 0.225 e. The fraction of sp³-hybridized carbons (Fsp3) is 0. The van der Waals surface area contributed by atoms with E-state index in [4.69, 9.17) is 11.6 Å². The van der Waals surface area contributed by atoms with Crippen molar-refractivity contribution in [2.24, 2.45) is 0 Å². The first-order chi connectivity index (χ1) is 6.36. The second kappa shape index (κ2) is 3.40. The van der Waals surface area contributed by atoms with Crippen LogP contribution < -0.4 is 0 Å². The first-order valence-electron chi connectivity index (χ1n) is 3.46. The molecular formula is C7H4ClN5. The molecule has 0 bridgehead atoms. The monoisotopic (exact) mass is 193 g/mol. The summed E-state index contributed by atoms with van der Waals surface area (Å²) in [5.74, 6) is 0.473. The summed E-state index contributed by atoms with van der Waals surface area (Å²) in [5.41, 5.74) is 0.715. The highest BCUT2D eigenvalue weighted by atomic mass is 35.5. The number of hydrogen-bond donors (Lipinski definition) is 0. The van der Waals surface area contributed by atoms with Crippen molar-refractivity contribution >= 4 is 11.6 Å². The standard InChI is InChI=1S/C7H4ClN5/c8-7-12-4-11-6(13-7)5-1-9-3-10-2-5/h1-4H. The van der Waals surface area contributed by atoms with E-state index in [1.165, 1.54) is 12.7 Å². The van der Waals surface area contributed by atoms with E-state index in [0.717, 1.165) is 0 Å². The van der Waals surface area contributed by atoms with Gasteiger partial charge in [-0.05, 0) is 11.6 Å². The van der Waals surface area contributed by atoms with Gasteiger partial charge in [-0.25, -0.2) is 19.9 Å². The van der Waals surface area contributed by atoms with E-state index >= 15 is 0 Å². The Bertz CT molecular complexity index is 405. The van der Waals surface area contributed by atoms with Gasteiger partial charge in [0.05, 0.1) is 5.56 Å². The first-order valence-corrected chi connectivity index (χ1v) is 3.84. The van der Waals surface area contributed by atoms with Crippen molar-refractivity contribution in [1.29, 1.82) is 0 Å². The summed E-state index contributed by atoms with van der Waals surface area (Å²) in [5, 5.41) is 0.161. The average Bonchev–Trinajstić information content (AvgIpc) is 2.19. The second-order valence-electron chi connectivity index (χ2n) is 2.21. The van der Waals surface area contributed by atoms with Crippen molar-refractivity contribution in [1.82, 2.24) is 24.9 Å². The minimum absolute atomic E-state index is 0.161. The van der Waals surface area contributed by atoms with E-state index < -0.39 is 0 Å². The lowest BCUT2D eigenvalue weighted by molar-refractivity contribution is 1.04. The van der Waals surface area contributed by atoms with Crippen LogP contribution in [-0.4, -0.2) is 24.9 Å². The molecule has 0 atom stereocenters. The zero-order valence-electron chi connectivity index (χ0n) is 6.42. The summed E-state index contributed by atoms with van der Waals surface area (Å²) >= 11 is 5.59. The van der Waals surface area contributed by atoms with Crippen molar-refractivity contribution < 1.29 is 0 Å². The lowest BCUT2D eigenvalue weighted by atomic mass is 10.3. The van der Waals surface area contributed by atoms with Crippen LogP contribution in [-0.2, 0) is 0 Å². The molecule has 0 aliphatic heterocycles. The Morgan fingerprint density at radius 3 is 2.46 bits per heavy atom. The number of rotatable bonds is 1. The molecule has 0 amide bonds. The molecule has 0 saturated heterocycles. The maximum absolute atomic E-state index is 5.59. The Morgan fingerprint density at radius 1 is 1.00 bits per heavy atom. The quantitative estimate of drug-likeness (QED) is 0.676. The van der Waals surface area contributed by atoms with Crippen molar-refractivity contribution in [3.63, 3.8) is 0 Å². The molecule has 0 aliphatic carbocycles. The minimum Gasteiger partial charge on any atom is -0.244 e. The molecule has 2 aromatic heterocycles. The van der Waals surface area contributed by atoms with Gasteiger partial charge < -0.3 is 0 Å². The summed E-state index contributed by atoms with van der Waals surface area (Å²) in [6.45, 7) is 0. The summed E-state index contributed by atoms with van der Waals surface area (Å²) < 4.78 is 0. The van der Waals surface area contributed by atoms with Gasteiger partial charge in [0.15, 0.2) is 5.82 Å². The summed E-state index contributed by atoms with van der Waals surface area (Å²) in [7, 11) is 0. The van der Waals surface area contributed by atoms with Gasteiger partial charge in [0, 0.05) is 12.4 Å². The predicted molar refractivity (Wildman–Crippen MR) is 45.9 cm³/mol. The van der Waals surface area contributed by atoms with E-state index in [2.05, 4.69) is 24.9 Å². The molecule has 5 nitrogen and oxygen atoms in total. The molecule has 0 saturated carbocycles. The molecule has 64 valence electrons. The first kappa shape index (κ1) is 8.00. The third-order valence-corrected chi connectivity index (χ3v) is 1.54. The normalized spacial score (nSPS) is 9.92. The summed E-state index contributed by atoms with van der Waals surface area (Å²) in [6, 6.07) is 0. The van der Waals surface area contributed by atoms with Crippen LogP contribution in [0.1, 0.15) is 0 Å². The van der Waals surface area contributed by atoms with Gasteiger partial charge >= 0.3 is 0 Å². The third-order valence-electron chi connectivity index (χ3n) is 1.36. The lowest BCUT2D eigenvalue weighted by Crippen LogP contribution is -1.92. The SMILES string of the molecule is Clc1ncnc(-c2cncnc2)n1. The van der Waals surface area contributed by atoms with E-state index in [9.17, 15) is 0 Å². The highest BCUT2D eigenvalue weighted by Crippen LogP contribution is 2.11. The third kappa shape index (κ3) is 1.75. The Labute approximate surface area is 78.9 Å². The van der Waals surface area contributed by atoms with Crippen LogP contribution in [0, 0.1) is 0 Å². The maximum atomic E-state index is 5.59. The Morgan fingerprint density at radius 2 is 1.77 bits per heavy atom. The average molecular weight is 194 g/mol. The Balaban J connectivity index is 2.48. The van der Waals surface area contributed by atoms with Crippen LogP contribution in [0.2, 0.25) is 5.28 Å². The molecule has 0 aliphatic rings. The fourth-order valence-corrected chi connectivity index (χ4v) is 0.954. The van der Waals surface area contributed by atoms with E-state index in [1.54, 1.807) is 12.4 Å². The largest absolute Gasteiger partial charge is 0.244 e. The van der Waals surface area contributed by atoms with Crippen LogP contribution in [0.3, 0.4) is 0 Å². The van der Waals surface area contributed by atoms with E-state index in [1.807, 2.05) is 0 Å². The molecule has 0 fully saturated rings. The zero-order chi connectivity index (χ0) is 9.10. The van der Waals surface area contributed by atoms with Gasteiger partial charge in [-0.2, -0.15) is 4.98 Å². The van der Waals surface area contributed by atoms with Crippen LogP contribution in [0.5, 0.6) is 0 Å². The molecule has 13 heavy (non-hydrogen) atoms. The van der Waals surface area contributed by atoms with Crippen LogP contribution in [0.15, 0.2) is 25.0 Å². The minimum atomic E-state index is 0.161. The summed E-state index contributed by atoms with van der Waals surface area (Å²) in [4.78, 5) is 19.2. The zero-order valence-corrected chi connectivity index (χ0v) is 7.18. The van der Waals surface area contributed by atoms with Gasteiger partial charge in [0.1, 0.15) is 12.7 Å². The molecule has 0 unspecified atom stereocenters. The molecule has 2 rings (SSSR count). The number of nitrogens with zero attached hydrogens (tertiary/aromatic N) is 5. The van der Waals surface area contributed by atoms with Crippen LogP contribution >= 0.6 is 11.6 Å². The van der Waals surface area contributed by atoms with Crippen molar-refractivity contribution in [3.8, 4) is 11.4 Å². The van der Waals surface area contributed by atoms with Crippen molar-refractivity contribution in [2.45, 2.75) is 0 Å². The Kier molecular flexibility index (Phi) is 2.09. The highest BCUT2D eigenvalue weighted by Gasteiger charge is 2.01. The maximum Gasteiger partial charge on any atom is 0.225 e. The summed E-state index contributed by atoms with van der Waals surface area (Å²) in [6.07, 6.45) is 6.00. The Hall–Kier alpha value is -1.62. The van der Waals surface area contributed by atoms with Crippen LogP contribution in [0.25, 0.3) is 11.4 Å². The van der Waals surface area contributed by atoms with E-state index in [-0.39, 0.29) is 5.28 Å². The molecule has 0 radical (unpaired) electrons.